The summed E-state index contributed by atoms with van der Waals surface area (Å²) < 4.78 is 7.61. The van der Waals surface area contributed by atoms with Crippen LogP contribution in [0.1, 0.15) is 13.3 Å². The number of hydrogen-bond acceptors (Lipinski definition) is 7. The van der Waals surface area contributed by atoms with Gasteiger partial charge in [0.25, 0.3) is 0 Å². The second-order valence-electron chi connectivity index (χ2n) is 7.04. The Bertz CT molecular complexity index is 705. The summed E-state index contributed by atoms with van der Waals surface area (Å²) in [4.78, 5) is 20.9. The largest absolute Gasteiger partial charge is 0.378 e. The van der Waals surface area contributed by atoms with E-state index < -0.39 is 0 Å². The molecule has 0 amide bonds. The molecule has 8 nitrogen and oxygen atoms in total. The Hall–Kier alpha value is -1.77. The number of likely N-dealkylation sites (N-methyl/N-ethyl adjacent to an activating group) is 1. The highest BCUT2D eigenvalue weighted by Crippen LogP contribution is 2.22. The van der Waals surface area contributed by atoms with Crippen LogP contribution in [0.15, 0.2) is 12.7 Å². The van der Waals surface area contributed by atoms with Crippen molar-refractivity contribution >= 4 is 17.0 Å². The first-order valence-electron chi connectivity index (χ1n) is 9.78. The molecule has 0 unspecified atom stereocenters. The number of aromatic nitrogens is 4. The fraction of sp³-hybridized carbons (Fsp3) is 0.722. The Balaban J connectivity index is 1.37. The van der Waals surface area contributed by atoms with Gasteiger partial charge in [0, 0.05) is 45.8 Å². The first-order chi connectivity index (χ1) is 12.8. The SMILES string of the molecule is CCN1CCN(CCCn2cnc3c(N4CCOCC4)ncnc32)CC1. The fourth-order valence-electron chi connectivity index (χ4n) is 3.83. The van der Waals surface area contributed by atoms with Gasteiger partial charge in [0.2, 0.25) is 0 Å². The van der Waals surface area contributed by atoms with Gasteiger partial charge in [0.05, 0.1) is 19.5 Å². The van der Waals surface area contributed by atoms with E-state index in [1.165, 1.54) is 32.7 Å². The van der Waals surface area contributed by atoms with Crippen LogP contribution in [0.5, 0.6) is 0 Å². The maximum atomic E-state index is 5.44. The van der Waals surface area contributed by atoms with Crippen LogP contribution in [0.3, 0.4) is 0 Å². The zero-order chi connectivity index (χ0) is 17.8. The number of piperazine rings is 1. The predicted molar refractivity (Wildman–Crippen MR) is 102 cm³/mol. The lowest BCUT2D eigenvalue weighted by Gasteiger charge is -2.34. The Morgan fingerprint density at radius 2 is 1.69 bits per heavy atom. The summed E-state index contributed by atoms with van der Waals surface area (Å²) in [5, 5.41) is 0. The lowest BCUT2D eigenvalue weighted by atomic mass is 10.3. The van der Waals surface area contributed by atoms with Gasteiger partial charge in [0.15, 0.2) is 17.0 Å². The van der Waals surface area contributed by atoms with Crippen LogP contribution in [0.4, 0.5) is 5.82 Å². The lowest BCUT2D eigenvalue weighted by molar-refractivity contribution is 0.122. The van der Waals surface area contributed by atoms with Crippen LogP contribution < -0.4 is 4.90 Å². The Kier molecular flexibility index (Phi) is 5.62. The molecule has 2 aromatic rings. The highest BCUT2D eigenvalue weighted by Gasteiger charge is 2.19. The Morgan fingerprint density at radius 1 is 0.923 bits per heavy atom. The van der Waals surface area contributed by atoms with Gasteiger partial charge in [0.1, 0.15) is 6.33 Å². The Morgan fingerprint density at radius 3 is 2.46 bits per heavy atom. The monoisotopic (exact) mass is 359 g/mol. The molecule has 2 aliphatic rings. The molecular weight excluding hydrogens is 330 g/mol. The third-order valence-electron chi connectivity index (χ3n) is 5.48. The molecule has 0 radical (unpaired) electrons. The van der Waals surface area contributed by atoms with Crippen LogP contribution in [0.25, 0.3) is 11.2 Å². The summed E-state index contributed by atoms with van der Waals surface area (Å²) in [5.41, 5.74) is 1.85. The summed E-state index contributed by atoms with van der Waals surface area (Å²) in [5.74, 6) is 0.938. The molecule has 2 aromatic heterocycles. The number of imidazole rings is 1. The van der Waals surface area contributed by atoms with Crippen molar-refractivity contribution < 1.29 is 4.74 Å². The van der Waals surface area contributed by atoms with Crippen molar-refractivity contribution in [1.29, 1.82) is 0 Å². The van der Waals surface area contributed by atoms with E-state index in [9.17, 15) is 0 Å². The molecule has 2 saturated heterocycles. The summed E-state index contributed by atoms with van der Waals surface area (Å²) >= 11 is 0. The average Bonchev–Trinajstić information content (AvgIpc) is 3.12. The quantitative estimate of drug-likeness (QED) is 0.752. The summed E-state index contributed by atoms with van der Waals surface area (Å²) in [6, 6.07) is 0. The number of fused-ring (bicyclic) bond motifs is 1. The van der Waals surface area contributed by atoms with Crippen molar-refractivity contribution in [3.05, 3.63) is 12.7 Å². The molecule has 4 rings (SSSR count). The molecule has 142 valence electrons. The van der Waals surface area contributed by atoms with E-state index in [1.807, 2.05) is 6.33 Å². The van der Waals surface area contributed by atoms with Crippen LogP contribution in [0.2, 0.25) is 0 Å². The van der Waals surface area contributed by atoms with E-state index in [0.717, 1.165) is 62.8 Å². The number of morpholine rings is 1. The standard InChI is InChI=1S/C18H29N7O/c1-2-22-6-8-23(9-7-22)4-3-5-25-15-21-16-17(19-14-20-18(16)25)24-10-12-26-13-11-24/h14-15H,2-13H2,1H3. The molecule has 4 heterocycles. The van der Waals surface area contributed by atoms with Crippen molar-refractivity contribution in [3.63, 3.8) is 0 Å². The van der Waals surface area contributed by atoms with E-state index in [4.69, 9.17) is 4.74 Å². The van der Waals surface area contributed by atoms with Crippen molar-refractivity contribution in [2.45, 2.75) is 19.9 Å². The minimum atomic E-state index is 0.748. The number of rotatable bonds is 6. The van der Waals surface area contributed by atoms with E-state index in [0.29, 0.717) is 0 Å². The summed E-state index contributed by atoms with van der Waals surface area (Å²) in [7, 11) is 0. The topological polar surface area (TPSA) is 62.5 Å². The van der Waals surface area contributed by atoms with Crippen LogP contribution in [0, 0.1) is 0 Å². The van der Waals surface area contributed by atoms with Crippen molar-refractivity contribution in [2.24, 2.45) is 0 Å². The second-order valence-corrected chi connectivity index (χ2v) is 7.04. The molecule has 0 atom stereocenters. The van der Waals surface area contributed by atoms with Crippen LogP contribution in [-0.4, -0.2) is 94.9 Å². The molecule has 0 bridgehead atoms. The first-order valence-corrected chi connectivity index (χ1v) is 9.78. The third kappa shape index (κ3) is 3.82. The van der Waals surface area contributed by atoms with Gasteiger partial charge in [-0.05, 0) is 19.5 Å². The summed E-state index contributed by atoms with van der Waals surface area (Å²) in [6.45, 7) is 13.5. The van der Waals surface area contributed by atoms with Gasteiger partial charge in [-0.2, -0.15) is 0 Å². The lowest BCUT2D eigenvalue weighted by Crippen LogP contribution is -2.46. The summed E-state index contributed by atoms with van der Waals surface area (Å²) in [6.07, 6.45) is 4.70. The minimum Gasteiger partial charge on any atom is -0.378 e. The highest BCUT2D eigenvalue weighted by molar-refractivity contribution is 5.83. The number of aryl methyl sites for hydroxylation is 1. The van der Waals surface area contributed by atoms with Gasteiger partial charge in [-0.25, -0.2) is 15.0 Å². The maximum absolute atomic E-state index is 5.44. The van der Waals surface area contributed by atoms with Gasteiger partial charge in [-0.1, -0.05) is 6.92 Å². The zero-order valence-corrected chi connectivity index (χ0v) is 15.7. The van der Waals surface area contributed by atoms with E-state index in [2.05, 4.69) is 41.1 Å². The van der Waals surface area contributed by atoms with Gasteiger partial charge in [-0.15, -0.1) is 0 Å². The van der Waals surface area contributed by atoms with E-state index in [1.54, 1.807) is 6.33 Å². The molecule has 2 aliphatic heterocycles. The van der Waals surface area contributed by atoms with Crippen LogP contribution in [-0.2, 0) is 11.3 Å². The number of nitrogens with zero attached hydrogens (tertiary/aromatic N) is 7. The third-order valence-corrected chi connectivity index (χ3v) is 5.48. The number of anilines is 1. The molecule has 0 aliphatic carbocycles. The molecule has 26 heavy (non-hydrogen) atoms. The highest BCUT2D eigenvalue weighted by atomic mass is 16.5. The predicted octanol–water partition coefficient (Wildman–Crippen LogP) is 0.691. The second kappa shape index (κ2) is 8.28. The maximum Gasteiger partial charge on any atom is 0.165 e. The van der Waals surface area contributed by atoms with Gasteiger partial charge in [-0.3, -0.25) is 0 Å². The first kappa shape index (κ1) is 17.6. The smallest absolute Gasteiger partial charge is 0.165 e. The van der Waals surface area contributed by atoms with Gasteiger partial charge >= 0.3 is 0 Å². The molecule has 0 aromatic carbocycles. The zero-order valence-electron chi connectivity index (χ0n) is 15.7. The van der Waals surface area contributed by atoms with Crippen molar-refractivity contribution in [2.75, 3.05) is 70.5 Å². The number of hydrogen-bond donors (Lipinski definition) is 0. The average molecular weight is 359 g/mol. The minimum absolute atomic E-state index is 0.748. The molecule has 2 fully saturated rings. The molecule has 0 saturated carbocycles. The Labute approximate surface area is 154 Å². The van der Waals surface area contributed by atoms with Crippen LogP contribution >= 0.6 is 0 Å². The fourth-order valence-corrected chi connectivity index (χ4v) is 3.83. The molecule has 8 heteroatoms. The molecular formula is C18H29N7O. The van der Waals surface area contributed by atoms with Crippen molar-refractivity contribution in [3.8, 4) is 0 Å². The van der Waals surface area contributed by atoms with Gasteiger partial charge < -0.3 is 24.0 Å². The van der Waals surface area contributed by atoms with Crippen molar-refractivity contribution in [1.82, 2.24) is 29.3 Å². The normalized spacial score (nSPS) is 20.1. The number of ether oxygens (including phenoxy) is 1. The van der Waals surface area contributed by atoms with E-state index in [-0.39, 0.29) is 0 Å². The van der Waals surface area contributed by atoms with E-state index >= 15 is 0 Å². The molecule has 0 N–H and O–H groups in total. The molecule has 0 spiro atoms.